The Morgan fingerprint density at radius 2 is 1.71 bits per heavy atom. The topological polar surface area (TPSA) is 46.2 Å². The molecule has 0 unspecified atom stereocenters. The first-order valence-electron chi connectivity index (χ1n) is 4.10. The predicted molar refractivity (Wildman–Crippen MR) is 57.7 cm³/mol. The van der Waals surface area contributed by atoms with Gasteiger partial charge in [-0.15, -0.1) is 0 Å². The van der Waals surface area contributed by atoms with Crippen LogP contribution in [0.5, 0.6) is 0 Å². The zero-order valence-corrected chi connectivity index (χ0v) is 10.6. The van der Waals surface area contributed by atoms with E-state index in [4.69, 9.17) is 23.2 Å². The second kappa shape index (κ2) is 4.64. The Balaban J connectivity index is 3.51. The van der Waals surface area contributed by atoms with E-state index in [0.29, 0.717) is 6.07 Å². The fourth-order valence-electron chi connectivity index (χ4n) is 1.07. The lowest BCUT2D eigenvalue weighted by Crippen LogP contribution is -2.19. The largest absolute Gasteiger partial charge is 0.417 e. The van der Waals surface area contributed by atoms with Crippen molar-refractivity contribution in [1.82, 2.24) is 4.72 Å². The van der Waals surface area contributed by atoms with Gasteiger partial charge in [-0.3, -0.25) is 0 Å². The standard InChI is InChI=1S/C8H6Cl2F3NO2S/c1-14-17(15,16)5-3-2-4(8(11,12)13)6(9)7(5)10/h2-3,14H,1H3. The number of rotatable bonds is 2. The SMILES string of the molecule is CNS(=O)(=O)c1ccc(C(F)(F)F)c(Cl)c1Cl. The number of hydrogen-bond acceptors (Lipinski definition) is 2. The molecule has 1 N–H and O–H groups in total. The zero-order valence-electron chi connectivity index (χ0n) is 8.27. The highest BCUT2D eigenvalue weighted by Gasteiger charge is 2.35. The molecule has 0 aliphatic rings. The molecule has 0 spiro atoms. The van der Waals surface area contributed by atoms with Crippen LogP contribution in [0, 0.1) is 0 Å². The van der Waals surface area contributed by atoms with Gasteiger partial charge < -0.3 is 0 Å². The van der Waals surface area contributed by atoms with Crippen molar-refractivity contribution < 1.29 is 21.6 Å². The summed E-state index contributed by atoms with van der Waals surface area (Å²) >= 11 is 10.9. The molecule has 17 heavy (non-hydrogen) atoms. The van der Waals surface area contributed by atoms with E-state index in [0.717, 1.165) is 13.1 Å². The molecule has 9 heteroatoms. The van der Waals surface area contributed by atoms with Crippen molar-refractivity contribution in [1.29, 1.82) is 0 Å². The number of sulfonamides is 1. The molecular weight excluding hydrogens is 302 g/mol. The Hall–Kier alpha value is -0.500. The Kier molecular flexibility index (Phi) is 3.97. The second-order valence-corrected chi connectivity index (χ2v) is 5.56. The molecule has 1 aromatic rings. The van der Waals surface area contributed by atoms with Crippen molar-refractivity contribution >= 4 is 33.2 Å². The van der Waals surface area contributed by atoms with Crippen molar-refractivity contribution in [2.24, 2.45) is 0 Å². The number of hydrogen-bond donors (Lipinski definition) is 1. The normalized spacial score (nSPS) is 12.8. The summed E-state index contributed by atoms with van der Waals surface area (Å²) in [5.41, 5.74) is -1.18. The lowest BCUT2D eigenvalue weighted by Gasteiger charge is -2.12. The number of halogens is 5. The molecule has 0 saturated heterocycles. The summed E-state index contributed by atoms with van der Waals surface area (Å²) in [6, 6.07) is 1.32. The third-order valence-corrected chi connectivity index (χ3v) is 4.36. The summed E-state index contributed by atoms with van der Waals surface area (Å²) in [6.45, 7) is 0. The van der Waals surface area contributed by atoms with Crippen molar-refractivity contribution in [3.05, 3.63) is 27.7 Å². The first kappa shape index (κ1) is 14.6. The van der Waals surface area contributed by atoms with Gasteiger partial charge >= 0.3 is 6.18 Å². The van der Waals surface area contributed by atoms with Gasteiger partial charge in [0, 0.05) is 0 Å². The molecule has 3 nitrogen and oxygen atoms in total. The van der Waals surface area contributed by atoms with Crippen molar-refractivity contribution in [3.8, 4) is 0 Å². The van der Waals surface area contributed by atoms with Gasteiger partial charge in [-0.1, -0.05) is 23.2 Å². The van der Waals surface area contributed by atoms with E-state index < -0.39 is 36.7 Å². The molecule has 1 rings (SSSR count). The molecule has 0 aliphatic carbocycles. The van der Waals surface area contributed by atoms with Gasteiger partial charge in [-0.05, 0) is 19.2 Å². The third kappa shape index (κ3) is 2.85. The van der Waals surface area contributed by atoms with Gasteiger partial charge in [0.25, 0.3) is 0 Å². The lowest BCUT2D eigenvalue weighted by molar-refractivity contribution is -0.137. The molecule has 0 bridgehead atoms. The second-order valence-electron chi connectivity index (χ2n) is 2.94. The maximum absolute atomic E-state index is 12.4. The van der Waals surface area contributed by atoms with Crippen LogP contribution in [0.4, 0.5) is 13.2 Å². The van der Waals surface area contributed by atoms with Crippen molar-refractivity contribution in [3.63, 3.8) is 0 Å². The molecular formula is C8H6Cl2F3NO2S. The van der Waals surface area contributed by atoms with Crippen LogP contribution >= 0.6 is 23.2 Å². The molecule has 1 aromatic carbocycles. The molecule has 0 amide bonds. The van der Waals surface area contributed by atoms with E-state index in [1.165, 1.54) is 0 Å². The first-order chi connectivity index (χ1) is 7.61. The van der Waals surface area contributed by atoms with Gasteiger partial charge in [0.05, 0.1) is 15.6 Å². The Morgan fingerprint density at radius 3 is 2.12 bits per heavy atom. The molecule has 0 aliphatic heterocycles. The van der Waals surface area contributed by atoms with E-state index in [9.17, 15) is 21.6 Å². The summed E-state index contributed by atoms with van der Waals surface area (Å²) in [7, 11) is -2.84. The van der Waals surface area contributed by atoms with Crippen LogP contribution in [0.15, 0.2) is 17.0 Å². The third-order valence-electron chi connectivity index (χ3n) is 1.91. The summed E-state index contributed by atoms with van der Waals surface area (Å²) in [5, 5.41) is -1.49. The van der Waals surface area contributed by atoms with Gasteiger partial charge in [0.1, 0.15) is 4.90 Å². The van der Waals surface area contributed by atoms with Crippen LogP contribution in [-0.4, -0.2) is 15.5 Å². The van der Waals surface area contributed by atoms with E-state index in [1.54, 1.807) is 0 Å². The van der Waals surface area contributed by atoms with Crippen LogP contribution in [-0.2, 0) is 16.2 Å². The summed E-state index contributed by atoms with van der Waals surface area (Å²) in [5.74, 6) is 0. The number of benzene rings is 1. The van der Waals surface area contributed by atoms with Crippen molar-refractivity contribution in [2.45, 2.75) is 11.1 Å². The van der Waals surface area contributed by atoms with Crippen molar-refractivity contribution in [2.75, 3.05) is 7.05 Å². The Bertz CT molecular complexity index is 542. The Morgan fingerprint density at radius 1 is 1.18 bits per heavy atom. The van der Waals surface area contributed by atoms with Gasteiger partial charge in [0.2, 0.25) is 10.0 Å². The summed E-state index contributed by atoms with van der Waals surface area (Å²) in [4.78, 5) is -0.500. The van der Waals surface area contributed by atoms with E-state index in [2.05, 4.69) is 0 Å². The average Bonchev–Trinajstić information content (AvgIpc) is 2.19. The fourth-order valence-corrected chi connectivity index (χ4v) is 2.67. The summed E-state index contributed by atoms with van der Waals surface area (Å²) in [6.07, 6.45) is -4.69. The molecule has 96 valence electrons. The Labute approximate surface area is 106 Å². The predicted octanol–water partition coefficient (Wildman–Crippen LogP) is 2.92. The van der Waals surface area contributed by atoms with E-state index in [1.807, 2.05) is 4.72 Å². The minimum absolute atomic E-state index is 0.500. The fraction of sp³-hybridized carbons (Fsp3) is 0.250. The van der Waals surface area contributed by atoms with Gasteiger partial charge in [-0.25, -0.2) is 13.1 Å². The highest BCUT2D eigenvalue weighted by Crippen LogP contribution is 2.40. The average molecular weight is 308 g/mol. The lowest BCUT2D eigenvalue weighted by atomic mass is 10.2. The maximum atomic E-state index is 12.4. The highest BCUT2D eigenvalue weighted by atomic mass is 35.5. The van der Waals surface area contributed by atoms with Crippen LogP contribution in [0.1, 0.15) is 5.56 Å². The smallest absolute Gasteiger partial charge is 0.214 e. The van der Waals surface area contributed by atoms with Gasteiger partial charge in [0.15, 0.2) is 0 Å². The van der Waals surface area contributed by atoms with E-state index in [-0.39, 0.29) is 0 Å². The quantitative estimate of drug-likeness (QED) is 0.913. The highest BCUT2D eigenvalue weighted by molar-refractivity contribution is 7.89. The minimum Gasteiger partial charge on any atom is -0.214 e. The number of alkyl halides is 3. The molecule has 0 aromatic heterocycles. The molecule has 0 heterocycles. The summed E-state index contributed by atoms with van der Waals surface area (Å²) < 4.78 is 62.0. The molecule has 0 atom stereocenters. The maximum Gasteiger partial charge on any atom is 0.417 e. The molecule has 0 radical (unpaired) electrons. The van der Waals surface area contributed by atoms with E-state index >= 15 is 0 Å². The van der Waals surface area contributed by atoms with Crippen LogP contribution in [0.2, 0.25) is 10.0 Å². The van der Waals surface area contributed by atoms with Crippen LogP contribution in [0.25, 0.3) is 0 Å². The minimum atomic E-state index is -4.69. The van der Waals surface area contributed by atoms with Crippen LogP contribution in [0.3, 0.4) is 0 Å². The first-order valence-corrected chi connectivity index (χ1v) is 6.34. The number of nitrogens with one attached hydrogen (secondary N) is 1. The van der Waals surface area contributed by atoms with Crippen LogP contribution < -0.4 is 4.72 Å². The molecule has 0 fully saturated rings. The zero-order chi connectivity index (χ0) is 13.4. The molecule has 0 saturated carbocycles. The van der Waals surface area contributed by atoms with Gasteiger partial charge in [-0.2, -0.15) is 13.2 Å². The monoisotopic (exact) mass is 307 g/mol.